The van der Waals surface area contributed by atoms with Crippen LogP contribution in [-0.4, -0.2) is 43.1 Å². The molecule has 1 N–H and O–H groups in total. The van der Waals surface area contributed by atoms with Crippen LogP contribution in [0, 0.1) is 17.5 Å². The molecule has 2 rings (SSSR count). The largest absolute Gasteiger partial charge is 0.453 e. The van der Waals surface area contributed by atoms with Gasteiger partial charge < -0.3 is 15.0 Å². The Balaban J connectivity index is 2.01. The van der Waals surface area contributed by atoms with E-state index < -0.39 is 35.0 Å². The Morgan fingerprint density at radius 2 is 1.82 bits per heavy atom. The van der Waals surface area contributed by atoms with Crippen LogP contribution in [0.2, 0.25) is 0 Å². The van der Waals surface area contributed by atoms with E-state index in [0.29, 0.717) is 12.8 Å². The average Bonchev–Trinajstić information content (AvgIpc) is 2.53. The summed E-state index contributed by atoms with van der Waals surface area (Å²) in [5, 5.41) is 2.61. The van der Waals surface area contributed by atoms with Crippen LogP contribution < -0.4 is 5.32 Å². The topological polar surface area (TPSA) is 58.6 Å². The standard InChI is InChI=1S/C14H15F3N2O3/c1-22-14(21)18-8-4-6-19(7-5-8)13(20)9-2-3-10(15)12(17)11(9)16/h2-3,8H,4-7H2,1H3,(H,18,21). The Labute approximate surface area is 125 Å². The number of likely N-dealkylation sites (tertiary alicyclic amines) is 1. The van der Waals surface area contributed by atoms with Crippen LogP contribution >= 0.6 is 0 Å². The third kappa shape index (κ3) is 3.32. The Morgan fingerprint density at radius 1 is 1.18 bits per heavy atom. The Hall–Kier alpha value is -2.25. The van der Waals surface area contributed by atoms with Crippen LogP contribution in [0.3, 0.4) is 0 Å². The maximum Gasteiger partial charge on any atom is 0.407 e. The highest BCUT2D eigenvalue weighted by molar-refractivity contribution is 5.94. The molecule has 22 heavy (non-hydrogen) atoms. The normalized spacial score (nSPS) is 15.5. The van der Waals surface area contributed by atoms with Crippen LogP contribution in [0.1, 0.15) is 23.2 Å². The van der Waals surface area contributed by atoms with Gasteiger partial charge in [0.05, 0.1) is 12.7 Å². The number of ether oxygens (including phenoxy) is 1. The van der Waals surface area contributed by atoms with E-state index in [2.05, 4.69) is 10.1 Å². The quantitative estimate of drug-likeness (QED) is 0.850. The molecule has 1 saturated heterocycles. The van der Waals surface area contributed by atoms with Crippen molar-refractivity contribution in [1.82, 2.24) is 10.2 Å². The van der Waals surface area contributed by atoms with E-state index in [0.717, 1.165) is 12.1 Å². The van der Waals surface area contributed by atoms with Crippen molar-refractivity contribution in [2.75, 3.05) is 20.2 Å². The molecule has 0 radical (unpaired) electrons. The van der Waals surface area contributed by atoms with Crippen LogP contribution in [-0.2, 0) is 4.74 Å². The fourth-order valence-electron chi connectivity index (χ4n) is 2.31. The molecule has 0 atom stereocenters. The molecular weight excluding hydrogens is 301 g/mol. The number of rotatable bonds is 2. The zero-order valence-electron chi connectivity index (χ0n) is 11.9. The lowest BCUT2D eigenvalue weighted by atomic mass is 10.0. The first-order valence-corrected chi connectivity index (χ1v) is 6.71. The molecule has 2 amide bonds. The Bertz CT molecular complexity index is 587. The molecule has 120 valence electrons. The van der Waals surface area contributed by atoms with Crippen LogP contribution in [0.25, 0.3) is 0 Å². The molecule has 1 fully saturated rings. The van der Waals surface area contributed by atoms with E-state index >= 15 is 0 Å². The molecule has 0 saturated carbocycles. The molecule has 1 aromatic rings. The van der Waals surface area contributed by atoms with Gasteiger partial charge in [0.1, 0.15) is 0 Å². The number of benzene rings is 1. The number of hydrogen-bond acceptors (Lipinski definition) is 3. The molecule has 1 aliphatic heterocycles. The number of carbonyl (C=O) groups is 2. The van der Waals surface area contributed by atoms with Crippen LogP contribution in [0.4, 0.5) is 18.0 Å². The summed E-state index contributed by atoms with van der Waals surface area (Å²) in [4.78, 5) is 24.6. The number of carbonyl (C=O) groups excluding carboxylic acids is 2. The minimum Gasteiger partial charge on any atom is -0.453 e. The molecule has 1 aromatic carbocycles. The van der Waals surface area contributed by atoms with Gasteiger partial charge in [0.15, 0.2) is 17.5 Å². The van der Waals surface area contributed by atoms with Gasteiger partial charge in [0, 0.05) is 19.1 Å². The molecule has 0 bridgehead atoms. The van der Waals surface area contributed by atoms with E-state index in [4.69, 9.17) is 0 Å². The van der Waals surface area contributed by atoms with Gasteiger partial charge in [-0.15, -0.1) is 0 Å². The van der Waals surface area contributed by atoms with Gasteiger partial charge in [0.25, 0.3) is 5.91 Å². The SMILES string of the molecule is COC(=O)NC1CCN(C(=O)c2ccc(F)c(F)c2F)CC1. The third-order valence-corrected chi connectivity index (χ3v) is 3.56. The van der Waals surface area contributed by atoms with Gasteiger partial charge in [-0.05, 0) is 25.0 Å². The van der Waals surface area contributed by atoms with Gasteiger partial charge in [-0.2, -0.15) is 0 Å². The molecule has 1 heterocycles. The molecule has 5 nitrogen and oxygen atoms in total. The van der Waals surface area contributed by atoms with Crippen molar-refractivity contribution in [2.45, 2.75) is 18.9 Å². The van der Waals surface area contributed by atoms with E-state index in [-0.39, 0.29) is 19.1 Å². The van der Waals surface area contributed by atoms with Gasteiger partial charge in [0.2, 0.25) is 0 Å². The second-order valence-electron chi connectivity index (χ2n) is 4.93. The number of nitrogens with zero attached hydrogens (tertiary/aromatic N) is 1. The van der Waals surface area contributed by atoms with E-state index in [1.165, 1.54) is 12.0 Å². The number of methoxy groups -OCH3 is 1. The van der Waals surface area contributed by atoms with Crippen molar-refractivity contribution in [3.63, 3.8) is 0 Å². The summed E-state index contributed by atoms with van der Waals surface area (Å²) < 4.78 is 44.2. The number of halogens is 3. The molecule has 8 heteroatoms. The summed E-state index contributed by atoms with van der Waals surface area (Å²) in [6, 6.07) is 1.50. The lowest BCUT2D eigenvalue weighted by Crippen LogP contribution is -2.46. The van der Waals surface area contributed by atoms with E-state index in [1.54, 1.807) is 0 Å². The third-order valence-electron chi connectivity index (χ3n) is 3.56. The molecule has 0 aliphatic carbocycles. The summed E-state index contributed by atoms with van der Waals surface area (Å²) in [6.45, 7) is 0.540. The number of piperidine rings is 1. The zero-order chi connectivity index (χ0) is 16.3. The van der Waals surface area contributed by atoms with Crippen molar-refractivity contribution < 1.29 is 27.5 Å². The second kappa shape index (κ2) is 6.67. The van der Waals surface area contributed by atoms with Gasteiger partial charge in [-0.3, -0.25) is 4.79 Å². The number of amides is 2. The monoisotopic (exact) mass is 316 g/mol. The highest BCUT2D eigenvalue weighted by Gasteiger charge is 2.27. The summed E-state index contributed by atoms with van der Waals surface area (Å²) in [5.74, 6) is -5.18. The lowest BCUT2D eigenvalue weighted by Gasteiger charge is -2.32. The number of alkyl carbamates (subject to hydrolysis) is 1. The molecule has 0 unspecified atom stereocenters. The van der Waals surface area contributed by atoms with Gasteiger partial charge in [-0.1, -0.05) is 0 Å². The maximum absolute atomic E-state index is 13.6. The smallest absolute Gasteiger partial charge is 0.407 e. The Morgan fingerprint density at radius 3 is 2.41 bits per heavy atom. The zero-order valence-corrected chi connectivity index (χ0v) is 11.9. The number of nitrogens with one attached hydrogen (secondary N) is 1. The van der Waals surface area contributed by atoms with E-state index in [9.17, 15) is 22.8 Å². The van der Waals surface area contributed by atoms with Crippen molar-refractivity contribution >= 4 is 12.0 Å². The molecular formula is C14H15F3N2O3. The first-order chi connectivity index (χ1) is 10.4. The summed E-state index contributed by atoms with van der Waals surface area (Å²) in [7, 11) is 1.25. The lowest BCUT2D eigenvalue weighted by molar-refractivity contribution is 0.0698. The molecule has 0 spiro atoms. The predicted molar refractivity (Wildman–Crippen MR) is 70.8 cm³/mol. The van der Waals surface area contributed by atoms with Crippen molar-refractivity contribution in [3.8, 4) is 0 Å². The summed E-state index contributed by atoms with van der Waals surface area (Å²) in [5.41, 5.74) is -0.502. The summed E-state index contributed by atoms with van der Waals surface area (Å²) in [6.07, 6.45) is 0.370. The average molecular weight is 316 g/mol. The van der Waals surface area contributed by atoms with Crippen molar-refractivity contribution in [2.24, 2.45) is 0 Å². The maximum atomic E-state index is 13.6. The highest BCUT2D eigenvalue weighted by atomic mass is 19.2. The second-order valence-corrected chi connectivity index (χ2v) is 4.93. The first-order valence-electron chi connectivity index (χ1n) is 6.71. The van der Waals surface area contributed by atoms with Crippen LogP contribution in [0.5, 0.6) is 0 Å². The molecule has 1 aliphatic rings. The minimum atomic E-state index is -1.66. The predicted octanol–water partition coefficient (Wildman–Crippen LogP) is 2.06. The fraction of sp³-hybridized carbons (Fsp3) is 0.429. The number of hydrogen-bond donors (Lipinski definition) is 1. The van der Waals surface area contributed by atoms with Crippen molar-refractivity contribution in [1.29, 1.82) is 0 Å². The minimum absolute atomic E-state index is 0.147. The fourth-order valence-corrected chi connectivity index (χ4v) is 2.31. The van der Waals surface area contributed by atoms with Crippen molar-refractivity contribution in [3.05, 3.63) is 35.1 Å². The van der Waals surface area contributed by atoms with Gasteiger partial charge in [-0.25, -0.2) is 18.0 Å². The van der Waals surface area contributed by atoms with E-state index in [1.807, 2.05) is 0 Å². The van der Waals surface area contributed by atoms with Gasteiger partial charge >= 0.3 is 6.09 Å². The van der Waals surface area contributed by atoms with Crippen LogP contribution in [0.15, 0.2) is 12.1 Å². The highest BCUT2D eigenvalue weighted by Crippen LogP contribution is 2.19. The first kappa shape index (κ1) is 16.1. The molecule has 0 aromatic heterocycles. The Kier molecular flexibility index (Phi) is 4.89. The summed E-state index contributed by atoms with van der Waals surface area (Å²) >= 11 is 0.